The Morgan fingerprint density at radius 3 is 2.05 bits per heavy atom. The van der Waals surface area contributed by atoms with Gasteiger partial charge in [-0.2, -0.15) is 0 Å². The van der Waals surface area contributed by atoms with Crippen LogP contribution >= 0.6 is 11.6 Å². The topological polar surface area (TPSA) is 48.0 Å². The number of para-hydroxylation sites is 1. The molecule has 0 radical (unpaired) electrons. The number of carbonyl (C=O) groups excluding carboxylic acids is 1. The number of hydrogen-bond acceptors (Lipinski definition) is 4. The summed E-state index contributed by atoms with van der Waals surface area (Å²) in [6, 6.07) is 5.71. The van der Waals surface area contributed by atoms with Crippen LogP contribution in [0.1, 0.15) is 11.1 Å². The molecule has 20 heavy (non-hydrogen) atoms. The molecule has 1 aromatic carbocycles. The fourth-order valence-electron chi connectivity index (χ4n) is 2.00. The molecule has 112 valence electrons. The van der Waals surface area contributed by atoms with Crippen LogP contribution in [0.15, 0.2) is 18.2 Å². The standard InChI is InChI=1S/C14H20ClNO4/c1-18-8-11-5-4-6-12(9-19-2)14(11)16(10-20-3)13(17)7-15/h4-6H,7-10H2,1-3H3. The van der Waals surface area contributed by atoms with Crippen LogP contribution in [-0.4, -0.2) is 39.8 Å². The third-order valence-electron chi connectivity index (χ3n) is 2.75. The molecular formula is C14H20ClNO4. The van der Waals surface area contributed by atoms with Crippen molar-refractivity contribution in [2.45, 2.75) is 13.2 Å². The van der Waals surface area contributed by atoms with Crippen LogP contribution in [0.4, 0.5) is 5.69 Å². The van der Waals surface area contributed by atoms with Gasteiger partial charge in [-0.15, -0.1) is 11.6 Å². The van der Waals surface area contributed by atoms with E-state index in [0.717, 1.165) is 16.8 Å². The number of benzene rings is 1. The SMILES string of the molecule is COCc1cccc(COC)c1N(COC)C(=O)CCl. The normalized spacial score (nSPS) is 10.6. The van der Waals surface area contributed by atoms with Crippen LogP contribution in [0, 0.1) is 0 Å². The molecule has 0 atom stereocenters. The van der Waals surface area contributed by atoms with Gasteiger partial charge in [0.1, 0.15) is 12.6 Å². The molecule has 1 rings (SSSR count). The van der Waals surface area contributed by atoms with E-state index >= 15 is 0 Å². The van der Waals surface area contributed by atoms with Gasteiger partial charge in [0.15, 0.2) is 0 Å². The Bertz CT molecular complexity index is 415. The first-order chi connectivity index (χ1) is 9.69. The summed E-state index contributed by atoms with van der Waals surface area (Å²) in [6.45, 7) is 0.911. The third-order valence-corrected chi connectivity index (χ3v) is 2.97. The van der Waals surface area contributed by atoms with Gasteiger partial charge in [0.05, 0.1) is 18.9 Å². The van der Waals surface area contributed by atoms with Gasteiger partial charge < -0.3 is 14.2 Å². The Morgan fingerprint density at radius 1 is 1.10 bits per heavy atom. The minimum Gasteiger partial charge on any atom is -0.380 e. The van der Waals surface area contributed by atoms with E-state index in [2.05, 4.69) is 0 Å². The molecule has 0 aliphatic heterocycles. The fraction of sp³-hybridized carbons (Fsp3) is 0.500. The highest BCUT2D eigenvalue weighted by Gasteiger charge is 2.21. The quantitative estimate of drug-likeness (QED) is 0.545. The van der Waals surface area contributed by atoms with Gasteiger partial charge in [-0.05, 0) is 0 Å². The molecular weight excluding hydrogens is 282 g/mol. The van der Waals surface area contributed by atoms with Crippen LogP contribution in [0.3, 0.4) is 0 Å². The van der Waals surface area contributed by atoms with E-state index in [1.807, 2.05) is 18.2 Å². The minimum absolute atomic E-state index is 0.114. The van der Waals surface area contributed by atoms with Crippen molar-refractivity contribution < 1.29 is 19.0 Å². The number of methoxy groups -OCH3 is 3. The molecule has 0 saturated carbocycles. The van der Waals surface area contributed by atoms with Gasteiger partial charge in [-0.25, -0.2) is 0 Å². The highest BCUT2D eigenvalue weighted by atomic mass is 35.5. The molecule has 6 heteroatoms. The van der Waals surface area contributed by atoms with E-state index in [9.17, 15) is 4.79 Å². The lowest BCUT2D eigenvalue weighted by Crippen LogP contribution is -2.35. The van der Waals surface area contributed by atoms with Gasteiger partial charge in [-0.3, -0.25) is 9.69 Å². The highest BCUT2D eigenvalue weighted by Crippen LogP contribution is 2.27. The van der Waals surface area contributed by atoms with Crippen molar-refractivity contribution in [3.05, 3.63) is 29.3 Å². The number of halogens is 1. The number of nitrogens with zero attached hydrogens (tertiary/aromatic N) is 1. The lowest BCUT2D eigenvalue weighted by atomic mass is 10.1. The van der Waals surface area contributed by atoms with E-state index in [4.69, 9.17) is 25.8 Å². The number of ether oxygens (including phenoxy) is 3. The highest BCUT2D eigenvalue weighted by molar-refractivity contribution is 6.29. The molecule has 0 aliphatic rings. The van der Waals surface area contributed by atoms with E-state index < -0.39 is 0 Å². The van der Waals surface area contributed by atoms with E-state index in [1.165, 1.54) is 12.0 Å². The molecule has 1 amide bonds. The zero-order chi connectivity index (χ0) is 15.0. The average Bonchev–Trinajstić information content (AvgIpc) is 2.46. The molecule has 0 bridgehead atoms. The Kier molecular flexibility index (Phi) is 7.54. The summed E-state index contributed by atoms with van der Waals surface area (Å²) in [7, 11) is 4.75. The molecule has 0 aliphatic carbocycles. The molecule has 0 spiro atoms. The summed E-state index contributed by atoms with van der Waals surface area (Å²) >= 11 is 5.68. The van der Waals surface area contributed by atoms with Crippen LogP contribution < -0.4 is 4.90 Å². The molecule has 0 saturated heterocycles. The van der Waals surface area contributed by atoms with Gasteiger partial charge in [0.25, 0.3) is 0 Å². The maximum atomic E-state index is 12.0. The molecule has 0 heterocycles. The van der Waals surface area contributed by atoms with Gasteiger partial charge in [-0.1, -0.05) is 18.2 Å². The lowest BCUT2D eigenvalue weighted by molar-refractivity contribution is -0.117. The van der Waals surface area contributed by atoms with Crippen molar-refractivity contribution in [3.8, 4) is 0 Å². The first-order valence-corrected chi connectivity index (χ1v) is 6.66. The monoisotopic (exact) mass is 301 g/mol. The number of anilines is 1. The zero-order valence-corrected chi connectivity index (χ0v) is 12.8. The van der Waals surface area contributed by atoms with E-state index in [1.54, 1.807) is 14.2 Å². The summed E-state index contributed by atoms with van der Waals surface area (Å²) in [6.07, 6.45) is 0. The van der Waals surface area contributed by atoms with Crippen LogP contribution in [0.5, 0.6) is 0 Å². The van der Waals surface area contributed by atoms with Crippen molar-refractivity contribution in [2.75, 3.05) is 38.8 Å². The molecule has 0 unspecified atom stereocenters. The third kappa shape index (κ3) is 4.18. The summed E-state index contributed by atoms with van der Waals surface area (Å²) in [5, 5.41) is 0. The lowest BCUT2D eigenvalue weighted by Gasteiger charge is -2.26. The maximum absolute atomic E-state index is 12.0. The number of alkyl halides is 1. The fourth-order valence-corrected chi connectivity index (χ4v) is 2.14. The molecule has 1 aromatic rings. The van der Waals surface area contributed by atoms with Crippen LogP contribution in [0.2, 0.25) is 0 Å². The van der Waals surface area contributed by atoms with Gasteiger partial charge in [0, 0.05) is 32.5 Å². The van der Waals surface area contributed by atoms with Crippen molar-refractivity contribution >= 4 is 23.2 Å². The smallest absolute Gasteiger partial charge is 0.243 e. The van der Waals surface area contributed by atoms with E-state index in [0.29, 0.717) is 13.2 Å². The average molecular weight is 302 g/mol. The second-order valence-electron chi connectivity index (χ2n) is 4.16. The Labute approximate surface area is 124 Å². The predicted molar refractivity (Wildman–Crippen MR) is 78.0 cm³/mol. The number of carbonyl (C=O) groups is 1. The molecule has 0 aromatic heterocycles. The second kappa shape index (κ2) is 8.92. The van der Waals surface area contributed by atoms with E-state index in [-0.39, 0.29) is 18.5 Å². The van der Waals surface area contributed by atoms with Crippen molar-refractivity contribution in [2.24, 2.45) is 0 Å². The molecule has 5 nitrogen and oxygen atoms in total. The first kappa shape index (κ1) is 16.9. The van der Waals surface area contributed by atoms with Crippen molar-refractivity contribution in [1.82, 2.24) is 0 Å². The maximum Gasteiger partial charge on any atom is 0.243 e. The first-order valence-electron chi connectivity index (χ1n) is 6.13. The number of amides is 1. The Hall–Kier alpha value is -1.14. The van der Waals surface area contributed by atoms with Crippen molar-refractivity contribution in [1.29, 1.82) is 0 Å². The number of rotatable bonds is 8. The zero-order valence-electron chi connectivity index (χ0n) is 12.0. The second-order valence-corrected chi connectivity index (χ2v) is 4.43. The molecule has 0 N–H and O–H groups in total. The van der Waals surface area contributed by atoms with Crippen molar-refractivity contribution in [3.63, 3.8) is 0 Å². The van der Waals surface area contributed by atoms with Crippen LogP contribution in [0.25, 0.3) is 0 Å². The minimum atomic E-state index is -0.227. The van der Waals surface area contributed by atoms with Crippen LogP contribution in [-0.2, 0) is 32.2 Å². The van der Waals surface area contributed by atoms with Gasteiger partial charge in [0.2, 0.25) is 5.91 Å². The molecule has 0 fully saturated rings. The summed E-state index contributed by atoms with van der Waals surface area (Å²) in [5.41, 5.74) is 2.51. The van der Waals surface area contributed by atoms with Gasteiger partial charge >= 0.3 is 0 Å². The number of hydrogen-bond donors (Lipinski definition) is 0. The Balaban J connectivity index is 3.29. The Morgan fingerprint density at radius 2 is 1.65 bits per heavy atom. The largest absolute Gasteiger partial charge is 0.380 e. The summed E-state index contributed by atoms with van der Waals surface area (Å²) in [4.78, 5) is 13.6. The summed E-state index contributed by atoms with van der Waals surface area (Å²) in [5.74, 6) is -0.341. The summed E-state index contributed by atoms with van der Waals surface area (Å²) < 4.78 is 15.5. The predicted octanol–water partition coefficient (Wildman–Crippen LogP) is 2.16.